The average molecular weight is 395 g/mol. The van der Waals surface area contributed by atoms with E-state index in [9.17, 15) is 17.6 Å². The number of rotatable bonds is 3. The summed E-state index contributed by atoms with van der Waals surface area (Å²) in [6.07, 6.45) is 7.74. The van der Waals surface area contributed by atoms with Crippen LogP contribution in [0.15, 0.2) is 23.2 Å². The van der Waals surface area contributed by atoms with Crippen molar-refractivity contribution >= 4 is 37.5 Å². The van der Waals surface area contributed by atoms with E-state index in [1.165, 1.54) is 27.8 Å². The molecule has 0 spiro atoms. The molecule has 2 aromatic rings. The van der Waals surface area contributed by atoms with Crippen LogP contribution in [-0.2, 0) is 21.4 Å². The van der Waals surface area contributed by atoms with Gasteiger partial charge in [-0.2, -0.15) is 4.99 Å². The minimum absolute atomic E-state index is 0.135. The number of hydrogen-bond donors (Lipinski definition) is 0. The Balaban J connectivity index is 1.97. The summed E-state index contributed by atoms with van der Waals surface area (Å²) in [7, 11) is -3.34. The third-order valence-corrected chi connectivity index (χ3v) is 6.61. The number of sulfonamides is 1. The second-order valence-electron chi connectivity index (χ2n) is 6.20. The summed E-state index contributed by atoms with van der Waals surface area (Å²) in [4.78, 5) is 17.2. The monoisotopic (exact) mass is 395 g/mol. The lowest BCUT2D eigenvalue weighted by molar-refractivity contribution is -0.122. The fraction of sp³-hybridized carbons (Fsp3) is 0.412. The van der Waals surface area contributed by atoms with E-state index in [0.29, 0.717) is 34.4 Å². The summed E-state index contributed by atoms with van der Waals surface area (Å²) >= 11 is 1.18. The lowest BCUT2D eigenvalue weighted by Gasteiger charge is -2.28. The Hall–Kier alpha value is -2.02. The Kier molecular flexibility index (Phi) is 5.27. The predicted octanol–water partition coefficient (Wildman–Crippen LogP) is 1.57. The van der Waals surface area contributed by atoms with E-state index in [1.807, 2.05) is 0 Å². The van der Waals surface area contributed by atoms with E-state index < -0.39 is 15.9 Å². The Morgan fingerprint density at radius 2 is 2.27 bits per heavy atom. The molecule has 3 rings (SSSR count). The molecule has 1 aromatic heterocycles. The fourth-order valence-electron chi connectivity index (χ4n) is 3.01. The van der Waals surface area contributed by atoms with Crippen molar-refractivity contribution in [3.8, 4) is 12.3 Å². The van der Waals surface area contributed by atoms with Crippen molar-refractivity contribution < 1.29 is 17.6 Å². The number of carbonyl (C=O) groups excluding carboxylic acids is 1. The molecule has 1 amide bonds. The number of carbonyl (C=O) groups is 1. The first-order chi connectivity index (χ1) is 12.3. The molecule has 26 heavy (non-hydrogen) atoms. The van der Waals surface area contributed by atoms with Gasteiger partial charge < -0.3 is 4.57 Å². The highest BCUT2D eigenvalue weighted by molar-refractivity contribution is 7.88. The first-order valence-corrected chi connectivity index (χ1v) is 10.7. The summed E-state index contributed by atoms with van der Waals surface area (Å²) in [5.41, 5.74) is 0.710. The molecule has 1 fully saturated rings. The van der Waals surface area contributed by atoms with Crippen molar-refractivity contribution in [1.82, 2.24) is 8.87 Å². The Bertz CT molecular complexity index is 1060. The zero-order chi connectivity index (χ0) is 18.9. The van der Waals surface area contributed by atoms with Crippen LogP contribution in [0.4, 0.5) is 4.39 Å². The van der Waals surface area contributed by atoms with E-state index in [2.05, 4.69) is 10.9 Å². The number of fused-ring (bicyclic) bond motifs is 1. The Morgan fingerprint density at radius 1 is 1.50 bits per heavy atom. The van der Waals surface area contributed by atoms with E-state index >= 15 is 0 Å². The molecule has 1 aliphatic rings. The van der Waals surface area contributed by atoms with Crippen LogP contribution in [0.2, 0.25) is 0 Å². The standard InChI is InChI=1S/C17H18FN3O3S2/c1-3-8-21-14-7-6-13(18)10-15(14)25-17(21)19-16(22)12-5-4-9-20(11-12)26(2,23)24/h1,6-7,10,12H,4-5,8-9,11H2,2H3. The van der Waals surface area contributed by atoms with Crippen molar-refractivity contribution in [2.75, 3.05) is 19.3 Å². The largest absolute Gasteiger partial charge is 0.305 e. The van der Waals surface area contributed by atoms with Gasteiger partial charge in [-0.1, -0.05) is 17.3 Å². The van der Waals surface area contributed by atoms with Gasteiger partial charge in [0.2, 0.25) is 10.0 Å². The molecule has 1 atom stereocenters. The van der Waals surface area contributed by atoms with Crippen LogP contribution >= 0.6 is 11.3 Å². The van der Waals surface area contributed by atoms with Crippen molar-refractivity contribution in [2.45, 2.75) is 19.4 Å². The van der Waals surface area contributed by atoms with Crippen LogP contribution in [0.5, 0.6) is 0 Å². The van der Waals surface area contributed by atoms with E-state index in [-0.39, 0.29) is 24.8 Å². The van der Waals surface area contributed by atoms with Gasteiger partial charge >= 0.3 is 0 Å². The summed E-state index contributed by atoms with van der Waals surface area (Å²) in [6, 6.07) is 4.31. The van der Waals surface area contributed by atoms with Gasteiger partial charge in [0.25, 0.3) is 5.91 Å². The molecule has 9 heteroatoms. The molecule has 1 unspecified atom stereocenters. The Morgan fingerprint density at radius 3 is 2.96 bits per heavy atom. The molecule has 0 saturated carbocycles. The number of aromatic nitrogens is 1. The number of nitrogens with zero attached hydrogens (tertiary/aromatic N) is 3. The maximum atomic E-state index is 13.5. The maximum Gasteiger partial charge on any atom is 0.252 e. The van der Waals surface area contributed by atoms with Gasteiger partial charge in [-0.05, 0) is 31.0 Å². The highest BCUT2D eigenvalue weighted by Gasteiger charge is 2.30. The molecule has 0 bridgehead atoms. The minimum atomic E-state index is -3.34. The van der Waals surface area contributed by atoms with Crippen molar-refractivity contribution in [2.24, 2.45) is 10.9 Å². The van der Waals surface area contributed by atoms with Crippen molar-refractivity contribution in [1.29, 1.82) is 0 Å². The highest BCUT2D eigenvalue weighted by Crippen LogP contribution is 2.21. The number of halogens is 1. The molecule has 1 aliphatic heterocycles. The lowest BCUT2D eigenvalue weighted by atomic mass is 9.99. The maximum absolute atomic E-state index is 13.5. The number of hydrogen-bond acceptors (Lipinski definition) is 4. The van der Waals surface area contributed by atoms with Gasteiger partial charge in [0.05, 0.1) is 28.9 Å². The molecule has 0 aliphatic carbocycles. The third kappa shape index (κ3) is 3.87. The molecular formula is C17H18FN3O3S2. The van der Waals surface area contributed by atoms with Crippen molar-refractivity contribution in [3.63, 3.8) is 0 Å². The second kappa shape index (κ2) is 7.31. The first kappa shape index (κ1) is 18.8. The van der Waals surface area contributed by atoms with Crippen LogP contribution in [0.1, 0.15) is 12.8 Å². The van der Waals surface area contributed by atoms with Crippen LogP contribution in [0.3, 0.4) is 0 Å². The lowest BCUT2D eigenvalue weighted by Crippen LogP contribution is -2.41. The van der Waals surface area contributed by atoms with E-state index in [4.69, 9.17) is 6.42 Å². The number of thiazole rings is 1. The second-order valence-corrected chi connectivity index (χ2v) is 9.19. The minimum Gasteiger partial charge on any atom is -0.305 e. The average Bonchev–Trinajstić information content (AvgIpc) is 2.91. The van der Waals surface area contributed by atoms with Crippen LogP contribution in [-0.4, -0.2) is 42.5 Å². The van der Waals surface area contributed by atoms with Gasteiger partial charge in [-0.3, -0.25) is 4.79 Å². The van der Waals surface area contributed by atoms with Crippen LogP contribution in [0.25, 0.3) is 10.2 Å². The summed E-state index contributed by atoms with van der Waals surface area (Å²) in [6.45, 7) is 0.760. The Labute approximate surface area is 155 Å². The summed E-state index contributed by atoms with van der Waals surface area (Å²) in [5, 5.41) is 0. The number of terminal acetylenes is 1. The fourth-order valence-corrected chi connectivity index (χ4v) is 4.98. The molecule has 0 N–H and O–H groups in total. The molecular weight excluding hydrogens is 377 g/mol. The van der Waals surface area contributed by atoms with Gasteiger partial charge in [-0.25, -0.2) is 17.1 Å². The topological polar surface area (TPSA) is 71.7 Å². The molecule has 0 radical (unpaired) electrons. The van der Waals surface area contributed by atoms with Gasteiger partial charge in [0.1, 0.15) is 5.82 Å². The van der Waals surface area contributed by atoms with Gasteiger partial charge in [0, 0.05) is 13.1 Å². The zero-order valence-corrected chi connectivity index (χ0v) is 15.8. The highest BCUT2D eigenvalue weighted by atomic mass is 32.2. The number of benzene rings is 1. The first-order valence-electron chi connectivity index (χ1n) is 8.05. The van der Waals surface area contributed by atoms with E-state index in [0.717, 1.165) is 6.26 Å². The third-order valence-electron chi connectivity index (χ3n) is 4.30. The number of amides is 1. The normalized spacial score (nSPS) is 19.6. The van der Waals surface area contributed by atoms with Crippen LogP contribution < -0.4 is 4.80 Å². The predicted molar refractivity (Wildman–Crippen MR) is 98.3 cm³/mol. The zero-order valence-electron chi connectivity index (χ0n) is 14.2. The molecule has 1 aromatic carbocycles. The molecule has 138 valence electrons. The number of piperidine rings is 1. The molecule has 6 nitrogen and oxygen atoms in total. The quantitative estimate of drug-likeness (QED) is 0.741. The molecule has 2 heterocycles. The van der Waals surface area contributed by atoms with Crippen LogP contribution in [0, 0.1) is 24.1 Å². The van der Waals surface area contributed by atoms with Crippen molar-refractivity contribution in [3.05, 3.63) is 28.8 Å². The summed E-state index contributed by atoms with van der Waals surface area (Å²) in [5.74, 6) is 1.27. The van der Waals surface area contributed by atoms with E-state index in [1.54, 1.807) is 10.6 Å². The smallest absolute Gasteiger partial charge is 0.252 e. The SMILES string of the molecule is C#CCn1c(=NC(=O)C2CCCN(S(C)(=O)=O)C2)sc2cc(F)ccc21. The van der Waals surface area contributed by atoms with Gasteiger partial charge in [-0.15, -0.1) is 6.42 Å². The molecule has 1 saturated heterocycles. The van der Waals surface area contributed by atoms with Gasteiger partial charge in [0.15, 0.2) is 4.80 Å². The summed E-state index contributed by atoms with van der Waals surface area (Å²) < 4.78 is 40.6.